The van der Waals surface area contributed by atoms with Gasteiger partial charge in [-0.2, -0.15) is 10.1 Å². The number of rotatable bonds is 11. The summed E-state index contributed by atoms with van der Waals surface area (Å²) in [6.07, 6.45) is 2.21. The van der Waals surface area contributed by atoms with E-state index in [0.717, 1.165) is 52.9 Å². The minimum atomic E-state index is -1.15. The van der Waals surface area contributed by atoms with Gasteiger partial charge in [-0.15, -0.1) is 0 Å². The SMILES string of the molecule is COC(=O)/C=C(/C(=O)OC)N(/N=C/c1cc([N+](=O)[O-])ccc1O/C(=C/C(=O)OC)C(=O)OC)C(=O)c1ccccc1. The maximum Gasteiger partial charge on any atom is 0.374 e. The summed E-state index contributed by atoms with van der Waals surface area (Å²) >= 11 is 0. The molecule has 0 fully saturated rings. The molecular weight excluding hydrogens is 546 g/mol. The van der Waals surface area contributed by atoms with Crippen LogP contribution in [0.3, 0.4) is 0 Å². The number of hydrogen-bond acceptors (Lipinski definition) is 13. The zero-order chi connectivity index (χ0) is 30.5. The molecule has 2 rings (SSSR count). The summed E-state index contributed by atoms with van der Waals surface area (Å²) in [5, 5.41) is 15.9. The van der Waals surface area contributed by atoms with Crippen LogP contribution in [0.15, 0.2) is 77.2 Å². The highest BCUT2D eigenvalue weighted by molar-refractivity contribution is 6.04. The highest BCUT2D eigenvalue weighted by atomic mass is 16.6. The Labute approximate surface area is 232 Å². The van der Waals surface area contributed by atoms with Gasteiger partial charge in [0, 0.05) is 23.3 Å². The molecule has 0 saturated heterocycles. The van der Waals surface area contributed by atoms with E-state index in [1.54, 1.807) is 6.07 Å². The predicted octanol–water partition coefficient (Wildman–Crippen LogP) is 1.91. The van der Waals surface area contributed by atoms with Crippen LogP contribution in [0.25, 0.3) is 0 Å². The molecule has 0 aromatic heterocycles. The van der Waals surface area contributed by atoms with Gasteiger partial charge in [0.15, 0.2) is 5.70 Å². The second kappa shape index (κ2) is 14.9. The maximum atomic E-state index is 13.4. The fourth-order valence-electron chi connectivity index (χ4n) is 2.89. The molecule has 0 aliphatic carbocycles. The first-order chi connectivity index (χ1) is 19.6. The molecule has 41 heavy (non-hydrogen) atoms. The number of hydrogen-bond donors (Lipinski definition) is 0. The fourth-order valence-corrected chi connectivity index (χ4v) is 2.89. The predicted molar refractivity (Wildman–Crippen MR) is 138 cm³/mol. The number of nitro groups is 1. The molecule has 0 aliphatic heterocycles. The van der Waals surface area contributed by atoms with Gasteiger partial charge in [-0.05, 0) is 18.2 Å². The molecule has 0 saturated carbocycles. The maximum absolute atomic E-state index is 13.4. The van der Waals surface area contributed by atoms with Crippen LogP contribution in [0, 0.1) is 10.1 Å². The molecule has 1 amide bonds. The smallest absolute Gasteiger partial charge is 0.374 e. The first kappa shape index (κ1) is 31.4. The zero-order valence-electron chi connectivity index (χ0n) is 22.1. The van der Waals surface area contributed by atoms with E-state index in [-0.39, 0.29) is 16.9 Å². The van der Waals surface area contributed by atoms with Crippen LogP contribution in [-0.2, 0) is 38.1 Å². The quantitative estimate of drug-likeness (QED) is 0.0728. The van der Waals surface area contributed by atoms with Crippen molar-refractivity contribution in [2.45, 2.75) is 0 Å². The van der Waals surface area contributed by atoms with Crippen molar-refractivity contribution in [3.8, 4) is 5.75 Å². The van der Waals surface area contributed by atoms with E-state index in [1.165, 1.54) is 24.3 Å². The Morgan fingerprint density at radius 1 is 0.829 bits per heavy atom. The summed E-state index contributed by atoms with van der Waals surface area (Å²) in [6.45, 7) is 0. The van der Waals surface area contributed by atoms with Gasteiger partial charge in [0.2, 0.25) is 5.76 Å². The summed E-state index contributed by atoms with van der Waals surface area (Å²) < 4.78 is 23.8. The largest absolute Gasteiger partial charge is 0.466 e. The number of hydrazone groups is 1. The lowest BCUT2D eigenvalue weighted by Gasteiger charge is -2.19. The van der Waals surface area contributed by atoms with E-state index < -0.39 is 51.9 Å². The summed E-state index contributed by atoms with van der Waals surface area (Å²) in [4.78, 5) is 72.5. The van der Waals surface area contributed by atoms with Gasteiger partial charge in [0.1, 0.15) is 5.75 Å². The summed E-state index contributed by atoms with van der Waals surface area (Å²) in [7, 11) is 4.10. The molecule has 2 aromatic carbocycles. The van der Waals surface area contributed by atoms with Gasteiger partial charge in [-0.3, -0.25) is 14.9 Å². The lowest BCUT2D eigenvalue weighted by molar-refractivity contribution is -0.384. The monoisotopic (exact) mass is 569 g/mol. The molecule has 0 spiro atoms. The van der Waals surface area contributed by atoms with Gasteiger partial charge >= 0.3 is 23.9 Å². The number of benzene rings is 2. The highest BCUT2D eigenvalue weighted by Crippen LogP contribution is 2.26. The van der Waals surface area contributed by atoms with Crippen molar-refractivity contribution in [1.29, 1.82) is 0 Å². The van der Waals surface area contributed by atoms with Gasteiger partial charge in [0.05, 0.1) is 51.7 Å². The van der Waals surface area contributed by atoms with E-state index in [4.69, 9.17) is 9.47 Å². The van der Waals surface area contributed by atoms with Crippen molar-refractivity contribution in [3.63, 3.8) is 0 Å². The lowest BCUT2D eigenvalue weighted by atomic mass is 10.2. The number of esters is 4. The average molecular weight is 569 g/mol. The van der Waals surface area contributed by atoms with Crippen LogP contribution < -0.4 is 4.74 Å². The molecule has 0 unspecified atom stereocenters. The minimum absolute atomic E-state index is 0.0359. The van der Waals surface area contributed by atoms with E-state index in [2.05, 4.69) is 19.3 Å². The summed E-state index contributed by atoms with van der Waals surface area (Å²) in [6, 6.07) is 10.6. The number of carbonyl (C=O) groups excluding carboxylic acids is 5. The van der Waals surface area contributed by atoms with Gasteiger partial charge < -0.3 is 23.7 Å². The minimum Gasteiger partial charge on any atom is -0.466 e. The second-order valence-corrected chi connectivity index (χ2v) is 7.38. The first-order valence-corrected chi connectivity index (χ1v) is 11.2. The lowest BCUT2D eigenvalue weighted by Crippen LogP contribution is -2.31. The molecule has 0 bridgehead atoms. The Bertz CT molecular complexity index is 1430. The number of non-ortho nitro benzene ring substituents is 1. The molecular formula is C26H23N3O12. The van der Waals surface area contributed by atoms with Gasteiger partial charge in [0.25, 0.3) is 11.6 Å². The fraction of sp³-hybridized carbons (Fsp3) is 0.154. The molecule has 15 nitrogen and oxygen atoms in total. The molecule has 214 valence electrons. The molecule has 2 aromatic rings. The number of ether oxygens (including phenoxy) is 5. The van der Waals surface area contributed by atoms with Crippen LogP contribution in [0.1, 0.15) is 15.9 Å². The van der Waals surface area contributed by atoms with Crippen molar-refractivity contribution in [2.24, 2.45) is 5.10 Å². The molecule has 0 radical (unpaired) electrons. The highest BCUT2D eigenvalue weighted by Gasteiger charge is 2.27. The topological polar surface area (TPSA) is 190 Å². The molecule has 0 aliphatic rings. The van der Waals surface area contributed by atoms with Crippen LogP contribution in [0.2, 0.25) is 0 Å². The molecule has 15 heteroatoms. The Hall–Kier alpha value is -5.86. The van der Waals surface area contributed by atoms with Crippen LogP contribution >= 0.6 is 0 Å². The molecule has 0 atom stereocenters. The first-order valence-electron chi connectivity index (χ1n) is 11.2. The number of methoxy groups -OCH3 is 4. The van der Waals surface area contributed by atoms with Crippen molar-refractivity contribution in [1.82, 2.24) is 5.01 Å². The average Bonchev–Trinajstić information content (AvgIpc) is 2.99. The van der Waals surface area contributed by atoms with Crippen molar-refractivity contribution >= 4 is 41.7 Å². The van der Waals surface area contributed by atoms with Crippen LogP contribution in [-0.4, -0.2) is 74.4 Å². The summed E-state index contributed by atoms with van der Waals surface area (Å²) in [5.41, 5.74) is -1.28. The number of amides is 1. The Morgan fingerprint density at radius 2 is 1.44 bits per heavy atom. The Morgan fingerprint density at radius 3 is 2.00 bits per heavy atom. The van der Waals surface area contributed by atoms with Gasteiger partial charge in [-0.1, -0.05) is 18.2 Å². The Kier molecular flexibility index (Phi) is 11.4. The van der Waals surface area contributed by atoms with E-state index in [1.807, 2.05) is 0 Å². The molecule has 0 N–H and O–H groups in total. The van der Waals surface area contributed by atoms with Crippen molar-refractivity contribution in [2.75, 3.05) is 28.4 Å². The van der Waals surface area contributed by atoms with E-state index >= 15 is 0 Å². The van der Waals surface area contributed by atoms with Crippen LogP contribution in [0.5, 0.6) is 5.75 Å². The van der Waals surface area contributed by atoms with E-state index in [0.29, 0.717) is 17.2 Å². The molecule has 0 heterocycles. The summed E-state index contributed by atoms with van der Waals surface area (Å²) in [5.74, 6) is -6.06. The van der Waals surface area contributed by atoms with E-state index in [9.17, 15) is 34.1 Å². The third-order valence-electron chi connectivity index (χ3n) is 4.86. The van der Waals surface area contributed by atoms with Gasteiger partial charge in [-0.25, -0.2) is 19.2 Å². The number of nitrogens with zero attached hydrogens (tertiary/aromatic N) is 3. The third-order valence-corrected chi connectivity index (χ3v) is 4.86. The zero-order valence-corrected chi connectivity index (χ0v) is 22.1. The van der Waals surface area contributed by atoms with Crippen LogP contribution in [0.4, 0.5) is 5.69 Å². The van der Waals surface area contributed by atoms with Crippen molar-refractivity contribution in [3.05, 3.63) is 93.4 Å². The number of nitro benzene ring substituents is 1. The normalized spacial score (nSPS) is 11.3. The number of carbonyl (C=O) groups is 5. The third kappa shape index (κ3) is 8.57. The standard InChI is InChI=1S/C26H23N3O12/c1-37-22(30)13-19(25(33)39-3)28(24(32)16-8-6-5-7-9-16)27-15-17-12-18(29(35)36)10-11-20(17)41-21(26(34)40-4)14-23(31)38-2/h5-15H,1-4H3/b19-13-,21-14+,27-15+. The van der Waals surface area contributed by atoms with Crippen molar-refractivity contribution < 1.29 is 52.6 Å². The second-order valence-electron chi connectivity index (χ2n) is 7.38. The Balaban J connectivity index is 2.75.